The van der Waals surface area contributed by atoms with E-state index in [1.807, 2.05) is 36.4 Å². The number of carbonyl (C=O) groups excluding carboxylic acids is 2. The third-order valence-corrected chi connectivity index (χ3v) is 5.58. The van der Waals surface area contributed by atoms with Crippen LogP contribution < -0.4 is 10.2 Å². The molecular weight excluding hydrogens is 376 g/mol. The largest absolute Gasteiger partial charge is 0.355 e. The average molecular weight is 396 g/mol. The zero-order valence-electron chi connectivity index (χ0n) is 15.2. The zero-order valence-corrected chi connectivity index (χ0v) is 16.0. The molecule has 1 unspecified atom stereocenters. The number of benzene rings is 1. The van der Waals surface area contributed by atoms with Gasteiger partial charge in [-0.25, -0.2) is 0 Å². The van der Waals surface area contributed by atoms with Crippen LogP contribution in [-0.4, -0.2) is 45.3 Å². The van der Waals surface area contributed by atoms with E-state index in [4.69, 9.17) is 0 Å². The second-order valence-electron chi connectivity index (χ2n) is 6.67. The van der Waals surface area contributed by atoms with Gasteiger partial charge in [-0.15, -0.1) is 10.2 Å². The Morgan fingerprint density at radius 3 is 2.89 bits per heavy atom. The van der Waals surface area contributed by atoms with Gasteiger partial charge in [-0.05, 0) is 11.6 Å². The van der Waals surface area contributed by atoms with Crippen molar-refractivity contribution in [3.8, 4) is 0 Å². The molecule has 9 heteroatoms. The van der Waals surface area contributed by atoms with Gasteiger partial charge in [-0.2, -0.15) is 5.10 Å². The first-order valence-corrected chi connectivity index (χ1v) is 9.93. The lowest BCUT2D eigenvalue weighted by Crippen LogP contribution is -2.34. The van der Waals surface area contributed by atoms with Gasteiger partial charge in [0.15, 0.2) is 0 Å². The van der Waals surface area contributed by atoms with Gasteiger partial charge >= 0.3 is 0 Å². The monoisotopic (exact) mass is 396 g/mol. The summed E-state index contributed by atoms with van der Waals surface area (Å²) in [6, 6.07) is 11.9. The second kappa shape index (κ2) is 8.30. The molecule has 2 N–H and O–H groups in total. The molecule has 3 aromatic rings. The number of H-pyrrole nitrogens is 1. The van der Waals surface area contributed by atoms with E-state index in [9.17, 15) is 9.59 Å². The van der Waals surface area contributed by atoms with Crippen LogP contribution in [0.5, 0.6) is 0 Å². The first kappa shape index (κ1) is 18.3. The first-order valence-electron chi connectivity index (χ1n) is 9.11. The van der Waals surface area contributed by atoms with E-state index in [1.54, 1.807) is 11.1 Å². The van der Waals surface area contributed by atoms with Gasteiger partial charge in [0, 0.05) is 44.2 Å². The molecular formula is C19H20N6O2S. The molecule has 1 aromatic carbocycles. The van der Waals surface area contributed by atoms with Gasteiger partial charge in [0.25, 0.3) is 0 Å². The van der Waals surface area contributed by atoms with Crippen molar-refractivity contribution in [3.05, 3.63) is 58.9 Å². The molecule has 0 aliphatic carbocycles. The molecule has 0 bridgehead atoms. The van der Waals surface area contributed by atoms with Crippen LogP contribution in [0.3, 0.4) is 0 Å². The van der Waals surface area contributed by atoms with E-state index in [-0.39, 0.29) is 24.2 Å². The summed E-state index contributed by atoms with van der Waals surface area (Å²) in [5.74, 6) is -0.559. The molecule has 1 saturated heterocycles. The number of rotatable bonds is 7. The first-order chi connectivity index (χ1) is 13.7. The normalized spacial score (nSPS) is 16.5. The van der Waals surface area contributed by atoms with E-state index in [2.05, 4.69) is 25.7 Å². The highest BCUT2D eigenvalue weighted by atomic mass is 32.1. The van der Waals surface area contributed by atoms with Gasteiger partial charge in [0.05, 0.1) is 5.92 Å². The smallest absolute Gasteiger partial charge is 0.229 e. The molecule has 1 aliphatic rings. The Morgan fingerprint density at radius 2 is 2.11 bits per heavy atom. The number of nitrogens with one attached hydrogen (secondary N) is 2. The molecule has 0 saturated carbocycles. The number of hydrogen-bond donors (Lipinski definition) is 2. The zero-order chi connectivity index (χ0) is 19.3. The molecule has 4 rings (SSSR count). The van der Waals surface area contributed by atoms with Crippen LogP contribution in [0.15, 0.2) is 42.6 Å². The van der Waals surface area contributed by atoms with Crippen LogP contribution >= 0.6 is 11.3 Å². The lowest BCUT2D eigenvalue weighted by atomic mass is 10.1. The summed E-state index contributed by atoms with van der Waals surface area (Å²) in [7, 11) is 0. The Labute approximate surface area is 166 Å². The number of aromatic amines is 1. The minimum Gasteiger partial charge on any atom is -0.355 e. The van der Waals surface area contributed by atoms with Crippen LogP contribution in [0.1, 0.15) is 22.7 Å². The van der Waals surface area contributed by atoms with E-state index in [1.165, 1.54) is 11.3 Å². The summed E-state index contributed by atoms with van der Waals surface area (Å²) in [4.78, 5) is 26.4. The maximum atomic E-state index is 12.4. The van der Waals surface area contributed by atoms with Crippen LogP contribution in [-0.2, 0) is 22.4 Å². The molecule has 8 nitrogen and oxygen atoms in total. The fraction of sp³-hybridized carbons (Fsp3) is 0.316. The lowest BCUT2D eigenvalue weighted by molar-refractivity contribution is -0.126. The maximum absolute atomic E-state index is 12.4. The van der Waals surface area contributed by atoms with Crippen LogP contribution in [0.2, 0.25) is 0 Å². The van der Waals surface area contributed by atoms with Gasteiger partial charge < -0.3 is 5.32 Å². The van der Waals surface area contributed by atoms with E-state index < -0.39 is 0 Å². The van der Waals surface area contributed by atoms with Crippen molar-refractivity contribution in [2.24, 2.45) is 5.92 Å². The van der Waals surface area contributed by atoms with E-state index in [0.717, 1.165) is 16.3 Å². The van der Waals surface area contributed by atoms with Crippen molar-refractivity contribution in [2.75, 3.05) is 18.0 Å². The molecule has 0 spiro atoms. The van der Waals surface area contributed by atoms with Gasteiger partial charge in [0.1, 0.15) is 5.01 Å². The van der Waals surface area contributed by atoms with Crippen LogP contribution in [0.25, 0.3) is 0 Å². The molecule has 1 atom stereocenters. The summed E-state index contributed by atoms with van der Waals surface area (Å²) in [6.07, 6.45) is 3.23. The number of hydrogen-bond acceptors (Lipinski definition) is 6. The standard InChI is InChI=1S/C19H20N6O2S/c26-17-11-14(18(27)20-8-6-15-7-9-21-22-15)12-25(17)19-24-23-16(28-19)10-13-4-2-1-3-5-13/h1-5,7,9,14H,6,8,10-12H2,(H,20,27)(H,21,22). The quantitative estimate of drug-likeness (QED) is 0.631. The molecule has 1 fully saturated rings. The number of nitrogens with zero attached hydrogens (tertiary/aromatic N) is 4. The molecule has 3 heterocycles. The number of amides is 2. The van der Waals surface area contributed by atoms with Gasteiger partial charge in [-0.1, -0.05) is 41.7 Å². The predicted octanol–water partition coefficient (Wildman–Crippen LogP) is 1.56. The highest BCUT2D eigenvalue weighted by Gasteiger charge is 2.36. The Balaban J connectivity index is 1.32. The van der Waals surface area contributed by atoms with Crippen molar-refractivity contribution in [1.82, 2.24) is 25.7 Å². The molecule has 144 valence electrons. The van der Waals surface area contributed by atoms with Gasteiger partial charge in [0.2, 0.25) is 16.9 Å². The fourth-order valence-electron chi connectivity index (χ4n) is 3.15. The van der Waals surface area contributed by atoms with Crippen molar-refractivity contribution in [1.29, 1.82) is 0 Å². The van der Waals surface area contributed by atoms with Crippen molar-refractivity contribution in [3.63, 3.8) is 0 Å². The minimum absolute atomic E-state index is 0.0869. The SMILES string of the molecule is O=C(NCCc1ccn[nH]1)C1CC(=O)N(c2nnc(Cc3ccccc3)s2)C1. The number of aromatic nitrogens is 4. The summed E-state index contributed by atoms with van der Waals surface area (Å²) >= 11 is 1.40. The van der Waals surface area contributed by atoms with Crippen LogP contribution in [0, 0.1) is 5.92 Å². The fourth-order valence-corrected chi connectivity index (χ4v) is 4.05. The predicted molar refractivity (Wildman–Crippen MR) is 105 cm³/mol. The Hall–Kier alpha value is -3.07. The van der Waals surface area contributed by atoms with E-state index >= 15 is 0 Å². The van der Waals surface area contributed by atoms with Crippen molar-refractivity contribution < 1.29 is 9.59 Å². The van der Waals surface area contributed by atoms with Crippen molar-refractivity contribution >= 4 is 28.3 Å². The molecule has 2 aromatic heterocycles. The van der Waals surface area contributed by atoms with Crippen LogP contribution in [0.4, 0.5) is 5.13 Å². The second-order valence-corrected chi connectivity index (χ2v) is 7.71. The Morgan fingerprint density at radius 1 is 1.25 bits per heavy atom. The topological polar surface area (TPSA) is 104 Å². The third kappa shape index (κ3) is 4.25. The summed E-state index contributed by atoms with van der Waals surface area (Å²) in [5, 5.41) is 19.4. The van der Waals surface area contributed by atoms with Gasteiger partial charge in [-0.3, -0.25) is 19.6 Å². The Bertz CT molecular complexity index is 941. The molecule has 2 amide bonds. The summed E-state index contributed by atoms with van der Waals surface area (Å²) in [5.41, 5.74) is 2.11. The van der Waals surface area contributed by atoms with E-state index in [0.29, 0.717) is 31.1 Å². The highest BCUT2D eigenvalue weighted by molar-refractivity contribution is 7.15. The number of carbonyl (C=O) groups is 2. The Kier molecular flexibility index (Phi) is 5.43. The molecule has 28 heavy (non-hydrogen) atoms. The lowest BCUT2D eigenvalue weighted by Gasteiger charge is -2.12. The molecule has 1 aliphatic heterocycles. The number of anilines is 1. The molecule has 0 radical (unpaired) electrons. The average Bonchev–Trinajstić information content (AvgIpc) is 3.44. The summed E-state index contributed by atoms with van der Waals surface area (Å²) in [6.45, 7) is 0.848. The maximum Gasteiger partial charge on any atom is 0.229 e. The summed E-state index contributed by atoms with van der Waals surface area (Å²) < 4.78 is 0. The van der Waals surface area contributed by atoms with Crippen molar-refractivity contribution in [2.45, 2.75) is 19.3 Å². The third-order valence-electron chi connectivity index (χ3n) is 4.63. The highest BCUT2D eigenvalue weighted by Crippen LogP contribution is 2.28. The minimum atomic E-state index is -0.365.